The number of carbonyl (C=O) groups is 2. The van der Waals surface area contributed by atoms with Gasteiger partial charge in [0.2, 0.25) is 5.91 Å². The van der Waals surface area contributed by atoms with Crippen LogP contribution in [0.1, 0.15) is 35.3 Å². The molecule has 31 heavy (non-hydrogen) atoms. The second-order valence-corrected chi connectivity index (χ2v) is 8.80. The summed E-state index contributed by atoms with van der Waals surface area (Å²) in [6.45, 7) is 0.294. The van der Waals surface area contributed by atoms with Crippen LogP contribution in [-0.4, -0.2) is 26.6 Å². The molecule has 1 saturated carbocycles. The van der Waals surface area contributed by atoms with Crippen LogP contribution in [-0.2, 0) is 11.3 Å². The number of hydrogen-bond acceptors (Lipinski definition) is 6. The summed E-state index contributed by atoms with van der Waals surface area (Å²) < 4.78 is 0.902. The lowest BCUT2D eigenvalue weighted by atomic mass is 9.96. The van der Waals surface area contributed by atoms with E-state index < -0.39 is 5.41 Å². The van der Waals surface area contributed by atoms with E-state index in [-0.39, 0.29) is 18.1 Å². The summed E-state index contributed by atoms with van der Waals surface area (Å²) in [5.74, 6) is -0.239. The van der Waals surface area contributed by atoms with Gasteiger partial charge in [-0.1, -0.05) is 27.5 Å². The number of halogens is 2. The highest BCUT2D eigenvalue weighted by molar-refractivity contribution is 9.10. The number of aromatic nitrogens is 3. The molecule has 0 unspecified atom stereocenters. The Bertz CT molecular complexity index is 1100. The highest BCUT2D eigenvalue weighted by Gasteiger charge is 2.51. The Morgan fingerprint density at radius 3 is 2.52 bits per heavy atom. The number of benzene rings is 1. The monoisotopic (exact) mass is 499 g/mol. The van der Waals surface area contributed by atoms with Crippen molar-refractivity contribution >= 4 is 50.6 Å². The average Bonchev–Trinajstić information content (AvgIpc) is 3.56. The third-order valence-corrected chi connectivity index (χ3v) is 5.99. The number of anilines is 2. The lowest BCUT2D eigenvalue weighted by Gasteiger charge is -2.14. The van der Waals surface area contributed by atoms with E-state index in [9.17, 15) is 9.59 Å². The fourth-order valence-corrected chi connectivity index (χ4v) is 3.92. The highest BCUT2D eigenvalue weighted by atomic mass is 79.9. The molecule has 7 nitrogen and oxygen atoms in total. The molecule has 1 amide bonds. The molecule has 1 aliphatic carbocycles. The van der Waals surface area contributed by atoms with Gasteiger partial charge in [-0.05, 0) is 43.2 Å². The van der Waals surface area contributed by atoms with Crippen LogP contribution in [0, 0.1) is 5.41 Å². The van der Waals surface area contributed by atoms with E-state index >= 15 is 0 Å². The van der Waals surface area contributed by atoms with Crippen molar-refractivity contribution < 1.29 is 9.59 Å². The first-order valence-electron chi connectivity index (χ1n) is 9.69. The molecule has 0 radical (unpaired) electrons. The lowest BCUT2D eigenvalue weighted by Crippen LogP contribution is -2.33. The SMILES string of the molecule is O=C(CC1(C(=O)NCc2ccc(Nc3ccc(Br)cc3Cl)cn2)CC1)c1cncnc1. The molecule has 2 N–H and O–H groups in total. The zero-order valence-corrected chi connectivity index (χ0v) is 18.8. The minimum atomic E-state index is -0.632. The smallest absolute Gasteiger partial charge is 0.226 e. The van der Waals surface area contributed by atoms with E-state index in [1.54, 1.807) is 6.20 Å². The van der Waals surface area contributed by atoms with E-state index in [1.807, 2.05) is 30.3 Å². The number of hydrogen-bond donors (Lipinski definition) is 2. The Morgan fingerprint density at radius 2 is 1.87 bits per heavy atom. The molecule has 0 bridgehead atoms. The van der Waals surface area contributed by atoms with Crippen LogP contribution in [0.15, 0.2) is 59.7 Å². The maximum Gasteiger partial charge on any atom is 0.226 e. The van der Waals surface area contributed by atoms with Gasteiger partial charge in [0.15, 0.2) is 5.78 Å². The van der Waals surface area contributed by atoms with Crippen LogP contribution >= 0.6 is 27.5 Å². The molecule has 1 aliphatic rings. The van der Waals surface area contributed by atoms with Crippen molar-refractivity contribution in [3.8, 4) is 0 Å². The molecule has 2 heterocycles. The van der Waals surface area contributed by atoms with E-state index in [1.165, 1.54) is 18.7 Å². The van der Waals surface area contributed by atoms with E-state index in [4.69, 9.17) is 11.6 Å². The van der Waals surface area contributed by atoms with Gasteiger partial charge in [0.25, 0.3) is 0 Å². The molecule has 3 aromatic rings. The summed E-state index contributed by atoms with van der Waals surface area (Å²) in [6.07, 6.45) is 7.57. The zero-order valence-electron chi connectivity index (χ0n) is 16.4. The van der Waals surface area contributed by atoms with Crippen LogP contribution in [0.2, 0.25) is 5.02 Å². The fraction of sp³-hybridized carbons (Fsp3) is 0.227. The van der Waals surface area contributed by atoms with Gasteiger partial charge in [0, 0.05) is 23.3 Å². The van der Waals surface area contributed by atoms with E-state index in [0.717, 1.165) is 21.5 Å². The zero-order chi connectivity index (χ0) is 21.8. The minimum Gasteiger partial charge on any atom is -0.353 e. The van der Waals surface area contributed by atoms with Gasteiger partial charge >= 0.3 is 0 Å². The summed E-state index contributed by atoms with van der Waals surface area (Å²) in [4.78, 5) is 37.2. The fourth-order valence-electron chi connectivity index (χ4n) is 3.20. The van der Waals surface area contributed by atoms with E-state index in [2.05, 4.69) is 41.5 Å². The number of rotatable bonds is 8. The van der Waals surface area contributed by atoms with Crippen molar-refractivity contribution in [3.05, 3.63) is 76.0 Å². The first-order valence-corrected chi connectivity index (χ1v) is 10.9. The van der Waals surface area contributed by atoms with Gasteiger partial charge in [0.05, 0.1) is 45.8 Å². The minimum absolute atomic E-state index is 0.117. The second-order valence-electron chi connectivity index (χ2n) is 7.48. The Labute approximate surface area is 192 Å². The first kappa shape index (κ1) is 21.4. The summed E-state index contributed by atoms with van der Waals surface area (Å²) in [7, 11) is 0. The number of carbonyl (C=O) groups excluding carboxylic acids is 2. The van der Waals surface area contributed by atoms with Gasteiger partial charge in [0.1, 0.15) is 6.33 Å². The van der Waals surface area contributed by atoms with Crippen molar-refractivity contribution in [1.82, 2.24) is 20.3 Å². The van der Waals surface area contributed by atoms with Crippen LogP contribution in [0.4, 0.5) is 11.4 Å². The van der Waals surface area contributed by atoms with Crippen molar-refractivity contribution in [2.45, 2.75) is 25.8 Å². The topological polar surface area (TPSA) is 96.9 Å². The molecule has 1 fully saturated rings. The predicted octanol–water partition coefficient (Wildman–Crippen LogP) is 4.70. The standard InChI is InChI=1S/C22H19BrClN5O2/c23-15-1-4-19(18(24)7-15)29-17-3-2-16(27-12-17)11-28-21(31)22(5-6-22)8-20(30)14-9-25-13-26-10-14/h1-4,7,9-10,12-13,29H,5-6,8,11H2,(H,28,31). The summed E-state index contributed by atoms with van der Waals surface area (Å²) in [6, 6.07) is 9.29. The highest BCUT2D eigenvalue weighted by Crippen LogP contribution is 2.49. The summed E-state index contributed by atoms with van der Waals surface area (Å²) in [5, 5.41) is 6.72. The molecule has 0 aliphatic heterocycles. The third-order valence-electron chi connectivity index (χ3n) is 5.18. The van der Waals surface area contributed by atoms with Gasteiger partial charge in [-0.15, -0.1) is 0 Å². The maximum absolute atomic E-state index is 12.7. The van der Waals surface area contributed by atoms with Crippen molar-refractivity contribution in [2.24, 2.45) is 5.41 Å². The average molecular weight is 501 g/mol. The molecule has 4 rings (SSSR count). The summed E-state index contributed by atoms with van der Waals surface area (Å²) >= 11 is 9.61. The van der Waals surface area contributed by atoms with Gasteiger partial charge in [-0.25, -0.2) is 9.97 Å². The number of nitrogens with zero attached hydrogens (tertiary/aromatic N) is 3. The number of amides is 1. The second kappa shape index (κ2) is 9.11. The Hall–Kier alpha value is -2.84. The van der Waals surface area contributed by atoms with Gasteiger partial charge in [-0.3, -0.25) is 14.6 Å². The van der Waals surface area contributed by atoms with E-state index in [0.29, 0.717) is 30.0 Å². The lowest BCUT2D eigenvalue weighted by molar-refractivity contribution is -0.126. The molecule has 0 atom stereocenters. The molecule has 9 heteroatoms. The largest absolute Gasteiger partial charge is 0.353 e. The van der Waals surface area contributed by atoms with Gasteiger partial charge in [-0.2, -0.15) is 0 Å². The number of Topliss-reactive ketones (excluding diaryl/α,β-unsaturated/α-hetero) is 1. The molecule has 1 aromatic carbocycles. The number of pyridine rings is 1. The Balaban J connectivity index is 1.31. The number of nitrogens with one attached hydrogen (secondary N) is 2. The normalized spacial score (nSPS) is 14.0. The van der Waals surface area contributed by atoms with Crippen molar-refractivity contribution in [1.29, 1.82) is 0 Å². The molecular formula is C22H19BrClN5O2. The molecule has 0 saturated heterocycles. The first-order chi connectivity index (χ1) is 14.9. The predicted molar refractivity (Wildman–Crippen MR) is 121 cm³/mol. The van der Waals surface area contributed by atoms with Crippen LogP contribution in [0.3, 0.4) is 0 Å². The molecule has 158 valence electrons. The van der Waals surface area contributed by atoms with Crippen LogP contribution in [0.25, 0.3) is 0 Å². The maximum atomic E-state index is 12.7. The van der Waals surface area contributed by atoms with Crippen molar-refractivity contribution in [3.63, 3.8) is 0 Å². The van der Waals surface area contributed by atoms with Crippen LogP contribution < -0.4 is 10.6 Å². The summed E-state index contributed by atoms with van der Waals surface area (Å²) in [5.41, 5.74) is 2.08. The quantitative estimate of drug-likeness (QED) is 0.435. The Morgan fingerprint density at radius 1 is 1.10 bits per heavy atom. The van der Waals surface area contributed by atoms with Gasteiger partial charge < -0.3 is 10.6 Å². The van der Waals surface area contributed by atoms with Crippen LogP contribution in [0.5, 0.6) is 0 Å². The number of ketones is 1. The third kappa shape index (κ3) is 5.26. The van der Waals surface area contributed by atoms with Crippen molar-refractivity contribution in [2.75, 3.05) is 5.32 Å². The molecule has 2 aromatic heterocycles. The molecular weight excluding hydrogens is 482 g/mol. The molecule has 0 spiro atoms. The Kier molecular flexibility index (Phi) is 6.29.